The van der Waals surface area contributed by atoms with Crippen LogP contribution in [0.1, 0.15) is 54.4 Å². The average Bonchev–Trinajstić information content (AvgIpc) is 3.32. The van der Waals surface area contributed by atoms with Gasteiger partial charge in [-0.1, -0.05) is 61.4 Å². The van der Waals surface area contributed by atoms with Gasteiger partial charge in [0.2, 0.25) is 0 Å². The highest BCUT2D eigenvalue weighted by molar-refractivity contribution is 7.89. The third-order valence-corrected chi connectivity index (χ3v) is 11.9. The number of aryl methyl sites for hydroxylation is 1. The molecule has 5 atom stereocenters. The molecule has 4 aromatic rings. The van der Waals surface area contributed by atoms with Crippen molar-refractivity contribution in [1.82, 2.24) is 4.31 Å². The predicted molar refractivity (Wildman–Crippen MR) is 206 cm³/mol. The molecule has 0 aromatic heterocycles. The maximum absolute atomic E-state index is 14.7. The molecule has 1 fully saturated rings. The number of benzene rings is 4. The lowest BCUT2D eigenvalue weighted by Gasteiger charge is -2.42. The molecule has 2 aliphatic rings. The number of rotatable bonds is 15. The quantitative estimate of drug-likeness (QED) is 0.0971. The van der Waals surface area contributed by atoms with E-state index in [2.05, 4.69) is 36.6 Å². The molecule has 1 saturated carbocycles. The fourth-order valence-corrected chi connectivity index (χ4v) is 8.74. The van der Waals surface area contributed by atoms with Gasteiger partial charge in [-0.15, -0.1) is 10.9 Å². The van der Waals surface area contributed by atoms with Gasteiger partial charge in [0, 0.05) is 30.1 Å². The molecule has 4 aromatic carbocycles. The SMILES string of the molecule is C=CC(O)C1CC[C@H]1CN1CC(c2ccc(Cl)cc2CCC)COc2ccc([S+]([O-])N(Cc3ccc(OC)cc3)Cc3ccc(OC)cc3)cc21. The van der Waals surface area contributed by atoms with Crippen LogP contribution in [-0.4, -0.2) is 54.0 Å². The first-order chi connectivity index (χ1) is 24.8. The fraction of sp³-hybridized carbons (Fsp3) is 0.381. The molecule has 1 heterocycles. The Morgan fingerprint density at radius 3 is 2.22 bits per heavy atom. The maximum Gasteiger partial charge on any atom is 0.176 e. The van der Waals surface area contributed by atoms with Gasteiger partial charge in [-0.25, -0.2) is 0 Å². The molecule has 4 unspecified atom stereocenters. The molecule has 1 aliphatic heterocycles. The second-order valence-electron chi connectivity index (χ2n) is 13.6. The van der Waals surface area contributed by atoms with Crippen LogP contribution in [0.2, 0.25) is 5.02 Å². The second-order valence-corrected chi connectivity index (χ2v) is 15.5. The standard InChI is InChI=1S/C42H49ClN2O5S/c1-5-7-31-22-34(43)13-20-38(31)33-27-44(26-32-12-19-39(32)41(46)6-2)40-23-37(18-21-42(40)50-28-33)51(47)45(24-29-8-14-35(48-3)15-9-29)25-30-10-16-36(49-4)17-11-30/h6,8-11,13-18,20-23,32-33,39,41,46H,2,5,7,12,19,24-28H2,1,3-4H3/t32-,33?,39?,41?,51?/m0/s1. The van der Waals surface area contributed by atoms with Gasteiger partial charge < -0.3 is 28.8 Å². The van der Waals surface area contributed by atoms with Gasteiger partial charge in [-0.3, -0.25) is 0 Å². The van der Waals surface area contributed by atoms with Gasteiger partial charge in [0.1, 0.15) is 17.2 Å². The number of halogens is 1. The largest absolute Gasteiger partial charge is 0.593 e. The van der Waals surface area contributed by atoms with Crippen LogP contribution in [-0.2, 0) is 30.9 Å². The minimum Gasteiger partial charge on any atom is -0.593 e. The van der Waals surface area contributed by atoms with E-state index in [0.717, 1.165) is 77.9 Å². The Balaban J connectivity index is 1.34. The maximum atomic E-state index is 14.7. The van der Waals surface area contributed by atoms with Crippen molar-refractivity contribution in [3.8, 4) is 17.2 Å². The van der Waals surface area contributed by atoms with Gasteiger partial charge in [0.25, 0.3) is 0 Å². The molecule has 0 bridgehead atoms. The molecule has 270 valence electrons. The van der Waals surface area contributed by atoms with Crippen molar-refractivity contribution >= 4 is 28.7 Å². The third kappa shape index (κ3) is 8.87. The second kappa shape index (κ2) is 17.2. The zero-order chi connectivity index (χ0) is 35.9. The van der Waals surface area contributed by atoms with Gasteiger partial charge >= 0.3 is 0 Å². The van der Waals surface area contributed by atoms with E-state index in [1.807, 2.05) is 71.0 Å². The Hall–Kier alpha value is -3.66. The highest BCUT2D eigenvalue weighted by atomic mass is 35.5. The van der Waals surface area contributed by atoms with Crippen molar-refractivity contribution < 1.29 is 23.9 Å². The summed E-state index contributed by atoms with van der Waals surface area (Å²) in [6.07, 6.45) is 5.11. The van der Waals surface area contributed by atoms with Gasteiger partial charge in [-0.2, -0.15) is 0 Å². The third-order valence-electron chi connectivity index (χ3n) is 10.3. The summed E-state index contributed by atoms with van der Waals surface area (Å²) in [6, 6.07) is 28.0. The summed E-state index contributed by atoms with van der Waals surface area (Å²) >= 11 is 4.96. The first kappa shape index (κ1) is 37.1. The topological polar surface area (TPSA) is 77.5 Å². The molecule has 7 nitrogen and oxygen atoms in total. The molecule has 0 amide bonds. The smallest absolute Gasteiger partial charge is 0.176 e. The molecule has 0 saturated heterocycles. The van der Waals surface area contributed by atoms with Gasteiger partial charge in [0.05, 0.1) is 57.1 Å². The molecule has 1 N–H and O–H groups in total. The molecule has 0 spiro atoms. The Bertz CT molecular complexity index is 1700. The minimum atomic E-state index is -1.50. The molecule has 1 aliphatic carbocycles. The first-order valence-corrected chi connectivity index (χ1v) is 19.3. The summed E-state index contributed by atoms with van der Waals surface area (Å²) in [5, 5.41) is 11.5. The van der Waals surface area contributed by atoms with Crippen LogP contribution < -0.4 is 19.1 Å². The number of aliphatic hydroxyl groups is 1. The van der Waals surface area contributed by atoms with E-state index in [9.17, 15) is 9.66 Å². The number of aliphatic hydroxyl groups excluding tert-OH is 1. The summed E-state index contributed by atoms with van der Waals surface area (Å²) in [7, 11) is 3.31. The van der Waals surface area contributed by atoms with Crippen LogP contribution in [0.5, 0.6) is 17.2 Å². The average molecular weight is 729 g/mol. The lowest BCUT2D eigenvalue weighted by atomic mass is 9.70. The molecule has 9 heteroatoms. The number of hydrogen-bond acceptors (Lipinski definition) is 7. The molecular formula is C42H49ClN2O5S. The van der Waals surface area contributed by atoms with Gasteiger partial charge in [-0.05, 0) is 102 Å². The molecule has 51 heavy (non-hydrogen) atoms. The van der Waals surface area contributed by atoms with Crippen molar-refractivity contribution in [1.29, 1.82) is 0 Å². The Morgan fingerprint density at radius 1 is 0.980 bits per heavy atom. The number of ether oxygens (including phenoxy) is 3. The van der Waals surface area contributed by atoms with E-state index in [4.69, 9.17) is 25.8 Å². The number of anilines is 1. The number of hydrogen-bond donors (Lipinski definition) is 1. The Morgan fingerprint density at radius 2 is 1.65 bits per heavy atom. The van der Waals surface area contributed by atoms with Crippen LogP contribution in [0.25, 0.3) is 0 Å². The normalized spacial score (nSPS) is 19.7. The fourth-order valence-electron chi connectivity index (χ4n) is 7.32. The Labute approximate surface area is 311 Å². The highest BCUT2D eigenvalue weighted by Gasteiger charge is 2.38. The number of nitrogens with zero attached hydrogens (tertiary/aromatic N) is 2. The van der Waals surface area contributed by atoms with Crippen molar-refractivity contribution in [2.75, 3.05) is 38.8 Å². The first-order valence-electron chi connectivity index (χ1n) is 17.8. The summed E-state index contributed by atoms with van der Waals surface area (Å²) in [6.45, 7) is 9.01. The molecule has 6 rings (SSSR count). The lowest BCUT2D eigenvalue weighted by Crippen LogP contribution is -2.43. The van der Waals surface area contributed by atoms with Gasteiger partial charge in [0.15, 0.2) is 4.90 Å². The minimum absolute atomic E-state index is 0.106. The van der Waals surface area contributed by atoms with Crippen LogP contribution >= 0.6 is 11.6 Å². The van der Waals surface area contributed by atoms with Crippen molar-refractivity contribution in [3.05, 3.63) is 125 Å². The number of fused-ring (bicyclic) bond motifs is 1. The summed E-state index contributed by atoms with van der Waals surface area (Å²) in [4.78, 5) is 3.11. The van der Waals surface area contributed by atoms with Crippen LogP contribution in [0.4, 0.5) is 5.69 Å². The van der Waals surface area contributed by atoms with E-state index in [-0.39, 0.29) is 11.8 Å². The van der Waals surface area contributed by atoms with E-state index < -0.39 is 17.5 Å². The predicted octanol–water partition coefficient (Wildman–Crippen LogP) is 8.59. The number of methoxy groups -OCH3 is 2. The molecular weight excluding hydrogens is 680 g/mol. The summed E-state index contributed by atoms with van der Waals surface area (Å²) < 4.78 is 34.0. The van der Waals surface area contributed by atoms with Crippen molar-refractivity contribution in [2.24, 2.45) is 11.8 Å². The monoisotopic (exact) mass is 728 g/mol. The van der Waals surface area contributed by atoms with E-state index in [0.29, 0.717) is 30.5 Å². The zero-order valence-electron chi connectivity index (χ0n) is 29.8. The van der Waals surface area contributed by atoms with Crippen LogP contribution in [0.3, 0.4) is 0 Å². The summed E-state index contributed by atoms with van der Waals surface area (Å²) in [5.74, 6) is 2.92. The summed E-state index contributed by atoms with van der Waals surface area (Å²) in [5.41, 5.74) is 5.50. The lowest BCUT2D eigenvalue weighted by molar-refractivity contribution is 0.0465. The molecule has 0 radical (unpaired) electrons. The van der Waals surface area contributed by atoms with Crippen molar-refractivity contribution in [3.63, 3.8) is 0 Å². The van der Waals surface area contributed by atoms with Crippen LogP contribution in [0, 0.1) is 11.8 Å². The van der Waals surface area contributed by atoms with E-state index in [1.165, 1.54) is 11.1 Å². The Kier molecular flexibility index (Phi) is 12.5. The van der Waals surface area contributed by atoms with E-state index >= 15 is 0 Å². The van der Waals surface area contributed by atoms with Crippen LogP contribution in [0.15, 0.2) is 102 Å². The zero-order valence-corrected chi connectivity index (χ0v) is 31.4. The van der Waals surface area contributed by atoms with Crippen molar-refractivity contribution in [2.45, 2.75) is 62.6 Å². The van der Waals surface area contributed by atoms with E-state index in [1.54, 1.807) is 20.3 Å². The highest BCUT2D eigenvalue weighted by Crippen LogP contribution is 2.43.